The molecule has 2 rings (SSSR count). The highest BCUT2D eigenvalue weighted by molar-refractivity contribution is 7.91. The summed E-state index contributed by atoms with van der Waals surface area (Å²) in [6.45, 7) is 1.72. The first-order valence-corrected chi connectivity index (χ1v) is 10.5. The van der Waals surface area contributed by atoms with Gasteiger partial charge in [-0.05, 0) is 50.6 Å². The average Bonchev–Trinajstić information content (AvgIpc) is 2.47. The van der Waals surface area contributed by atoms with Crippen LogP contribution in [0.4, 0.5) is 0 Å². The Hall–Kier alpha value is -0.960. The van der Waals surface area contributed by atoms with Gasteiger partial charge < -0.3 is 5.32 Å². The fraction of sp³-hybridized carbons (Fsp3) is 0.571. The topological polar surface area (TPSA) is 83.6 Å². The molecule has 8 heteroatoms. The molecule has 1 aromatic carbocycles. The SMILES string of the molecule is CNCC1CCCN(S(=O)(=O)c2cccc(S(C)(=O)=O)c2)C1. The molecule has 1 aliphatic rings. The summed E-state index contributed by atoms with van der Waals surface area (Å²) in [4.78, 5) is 0.0675. The Morgan fingerprint density at radius 1 is 1.23 bits per heavy atom. The Morgan fingerprint density at radius 3 is 2.55 bits per heavy atom. The second kappa shape index (κ2) is 6.66. The van der Waals surface area contributed by atoms with Gasteiger partial charge in [-0.2, -0.15) is 4.31 Å². The van der Waals surface area contributed by atoms with E-state index in [2.05, 4.69) is 5.32 Å². The van der Waals surface area contributed by atoms with Gasteiger partial charge in [-0.25, -0.2) is 16.8 Å². The molecule has 6 nitrogen and oxygen atoms in total. The average molecular weight is 346 g/mol. The van der Waals surface area contributed by atoms with Gasteiger partial charge in [0.15, 0.2) is 9.84 Å². The van der Waals surface area contributed by atoms with Crippen molar-refractivity contribution >= 4 is 19.9 Å². The molecule has 1 fully saturated rings. The fourth-order valence-electron chi connectivity index (χ4n) is 2.71. The van der Waals surface area contributed by atoms with E-state index in [9.17, 15) is 16.8 Å². The number of hydrogen-bond acceptors (Lipinski definition) is 5. The van der Waals surface area contributed by atoms with Crippen LogP contribution in [0.2, 0.25) is 0 Å². The lowest BCUT2D eigenvalue weighted by molar-refractivity contribution is 0.263. The van der Waals surface area contributed by atoms with Crippen LogP contribution in [0.25, 0.3) is 0 Å². The van der Waals surface area contributed by atoms with E-state index in [4.69, 9.17) is 0 Å². The minimum absolute atomic E-state index is 0.0253. The maximum Gasteiger partial charge on any atom is 0.243 e. The number of rotatable bonds is 5. The van der Waals surface area contributed by atoms with Gasteiger partial charge in [0.25, 0.3) is 0 Å². The van der Waals surface area contributed by atoms with Crippen molar-refractivity contribution in [3.05, 3.63) is 24.3 Å². The summed E-state index contributed by atoms with van der Waals surface area (Å²) in [7, 11) is -5.23. The van der Waals surface area contributed by atoms with Crippen molar-refractivity contribution in [3.8, 4) is 0 Å². The first-order chi connectivity index (χ1) is 10.2. The molecule has 0 aliphatic carbocycles. The van der Waals surface area contributed by atoms with Gasteiger partial charge >= 0.3 is 0 Å². The number of nitrogens with zero attached hydrogens (tertiary/aromatic N) is 1. The zero-order valence-electron chi connectivity index (χ0n) is 12.8. The molecule has 0 radical (unpaired) electrons. The van der Waals surface area contributed by atoms with Gasteiger partial charge in [0.1, 0.15) is 0 Å². The summed E-state index contributed by atoms with van der Waals surface area (Å²) in [5.41, 5.74) is 0. The molecule has 22 heavy (non-hydrogen) atoms. The van der Waals surface area contributed by atoms with Crippen LogP contribution < -0.4 is 5.32 Å². The normalized spacial score (nSPS) is 20.9. The first kappa shape index (κ1) is 17.4. The van der Waals surface area contributed by atoms with Crippen LogP contribution in [-0.4, -0.2) is 54.1 Å². The zero-order chi connectivity index (χ0) is 16.4. The van der Waals surface area contributed by atoms with E-state index < -0.39 is 19.9 Å². The van der Waals surface area contributed by atoms with Crippen LogP contribution >= 0.6 is 0 Å². The quantitative estimate of drug-likeness (QED) is 0.849. The lowest BCUT2D eigenvalue weighted by Crippen LogP contribution is -2.42. The van der Waals surface area contributed by atoms with Crippen molar-refractivity contribution in [1.29, 1.82) is 0 Å². The smallest absolute Gasteiger partial charge is 0.243 e. The van der Waals surface area contributed by atoms with E-state index in [1.165, 1.54) is 28.6 Å². The molecule has 1 N–H and O–H groups in total. The molecule has 1 unspecified atom stereocenters. The lowest BCUT2D eigenvalue weighted by atomic mass is 10.00. The molecule has 0 saturated carbocycles. The largest absolute Gasteiger partial charge is 0.319 e. The standard InChI is InChI=1S/C14H22N2O4S2/c1-15-10-12-5-4-8-16(11-12)22(19,20)14-7-3-6-13(9-14)21(2,17)18/h3,6-7,9,12,15H,4-5,8,10-11H2,1-2H3. The van der Waals surface area contributed by atoms with Crippen LogP contribution in [0.1, 0.15) is 12.8 Å². The van der Waals surface area contributed by atoms with Gasteiger partial charge in [0.2, 0.25) is 10.0 Å². The molecular formula is C14H22N2O4S2. The minimum atomic E-state index is -3.65. The number of hydrogen-bond donors (Lipinski definition) is 1. The number of nitrogens with one attached hydrogen (secondary N) is 1. The summed E-state index contributed by atoms with van der Waals surface area (Å²) >= 11 is 0. The van der Waals surface area contributed by atoms with Gasteiger partial charge in [0.05, 0.1) is 9.79 Å². The van der Waals surface area contributed by atoms with Gasteiger partial charge in [-0.3, -0.25) is 0 Å². The molecule has 0 aromatic heterocycles. The number of sulfone groups is 1. The van der Waals surface area contributed by atoms with Gasteiger partial charge in [0, 0.05) is 19.3 Å². The summed E-state index contributed by atoms with van der Waals surface area (Å²) in [5.74, 6) is 0.284. The third-order valence-electron chi connectivity index (χ3n) is 3.85. The monoisotopic (exact) mass is 346 g/mol. The number of piperidine rings is 1. The van der Waals surface area contributed by atoms with Crippen molar-refractivity contribution in [3.63, 3.8) is 0 Å². The van der Waals surface area contributed by atoms with E-state index in [0.29, 0.717) is 13.1 Å². The number of sulfonamides is 1. The van der Waals surface area contributed by atoms with Crippen LogP contribution in [0, 0.1) is 5.92 Å². The predicted octanol–water partition coefficient (Wildman–Crippen LogP) is 0.710. The Balaban J connectivity index is 2.30. The molecule has 1 aliphatic heterocycles. The van der Waals surface area contributed by atoms with Crippen LogP contribution in [0.5, 0.6) is 0 Å². The van der Waals surface area contributed by atoms with Crippen LogP contribution in [0.15, 0.2) is 34.1 Å². The highest BCUT2D eigenvalue weighted by Crippen LogP contribution is 2.24. The van der Waals surface area contributed by atoms with Crippen LogP contribution in [-0.2, 0) is 19.9 Å². The first-order valence-electron chi connectivity index (χ1n) is 7.20. The summed E-state index contributed by atoms with van der Waals surface area (Å²) in [6.07, 6.45) is 2.89. The molecule has 0 bridgehead atoms. The molecule has 124 valence electrons. The van der Waals surface area contributed by atoms with Crippen molar-refractivity contribution in [2.24, 2.45) is 5.92 Å². The maximum absolute atomic E-state index is 12.7. The Labute approximate surface area is 132 Å². The van der Waals surface area contributed by atoms with E-state index in [-0.39, 0.29) is 15.7 Å². The van der Waals surface area contributed by atoms with E-state index in [1.807, 2.05) is 7.05 Å². The Morgan fingerprint density at radius 2 is 1.91 bits per heavy atom. The zero-order valence-corrected chi connectivity index (χ0v) is 14.5. The Kier molecular flexibility index (Phi) is 5.26. The molecule has 0 spiro atoms. The van der Waals surface area contributed by atoms with Crippen LogP contribution in [0.3, 0.4) is 0 Å². The van der Waals surface area contributed by atoms with Crippen molar-refractivity contribution in [1.82, 2.24) is 9.62 Å². The highest BCUT2D eigenvalue weighted by Gasteiger charge is 2.30. The van der Waals surface area contributed by atoms with Gasteiger partial charge in [-0.1, -0.05) is 6.07 Å². The summed E-state index contributed by atoms with van der Waals surface area (Å²) in [5, 5.41) is 3.08. The molecule has 1 saturated heterocycles. The van der Waals surface area contributed by atoms with Crippen molar-refractivity contribution in [2.45, 2.75) is 22.6 Å². The van der Waals surface area contributed by atoms with E-state index in [1.54, 1.807) is 0 Å². The fourth-order valence-corrected chi connectivity index (χ4v) is 5.06. The second-order valence-corrected chi connectivity index (χ2v) is 9.63. The Bertz CT molecular complexity index is 727. The highest BCUT2D eigenvalue weighted by atomic mass is 32.2. The van der Waals surface area contributed by atoms with E-state index >= 15 is 0 Å². The molecule has 1 aromatic rings. The van der Waals surface area contributed by atoms with Crippen molar-refractivity contribution < 1.29 is 16.8 Å². The lowest BCUT2D eigenvalue weighted by Gasteiger charge is -2.31. The maximum atomic E-state index is 12.7. The van der Waals surface area contributed by atoms with Gasteiger partial charge in [-0.15, -0.1) is 0 Å². The molecular weight excluding hydrogens is 324 g/mol. The third kappa shape index (κ3) is 3.87. The summed E-state index contributed by atoms with van der Waals surface area (Å²) in [6, 6.07) is 5.57. The predicted molar refractivity (Wildman–Crippen MR) is 85.0 cm³/mol. The molecule has 1 heterocycles. The van der Waals surface area contributed by atoms with E-state index in [0.717, 1.165) is 25.6 Å². The second-order valence-electron chi connectivity index (χ2n) is 5.68. The summed E-state index contributed by atoms with van der Waals surface area (Å²) < 4.78 is 50.1. The minimum Gasteiger partial charge on any atom is -0.319 e. The molecule has 0 amide bonds. The number of benzene rings is 1. The van der Waals surface area contributed by atoms with Crippen molar-refractivity contribution in [2.75, 3.05) is 32.9 Å². The molecule has 1 atom stereocenters. The third-order valence-corrected chi connectivity index (χ3v) is 6.82.